The number of carboxylic acid groups (broad SMARTS) is 2. The first-order valence-electron chi connectivity index (χ1n) is 9.86. The van der Waals surface area contributed by atoms with Crippen LogP contribution in [-0.4, -0.2) is 92.5 Å². The smallest absolute Gasteiger partial charge is 0.414 e. The Morgan fingerprint density at radius 3 is 2.22 bits per heavy atom. The Bertz CT molecular complexity index is 891. The molecule has 1 fully saturated rings. The molecule has 0 spiro atoms. The van der Waals surface area contributed by atoms with Gasteiger partial charge < -0.3 is 25.7 Å². The number of sulfonamides is 1. The molecule has 13 heteroatoms. The number of nitrogens with one attached hydrogen (secondary N) is 2. The summed E-state index contributed by atoms with van der Waals surface area (Å²) in [5.41, 5.74) is 0.309. The molecule has 2 rings (SSSR count). The molecule has 1 aromatic carbocycles. The number of carbonyl (C=O) groups is 3. The van der Waals surface area contributed by atoms with Crippen LogP contribution < -0.4 is 10.6 Å². The number of likely N-dealkylation sites (N-methyl/N-ethyl adjacent to an activating group) is 1. The van der Waals surface area contributed by atoms with Gasteiger partial charge >= 0.3 is 11.9 Å². The van der Waals surface area contributed by atoms with Crippen molar-refractivity contribution in [1.29, 1.82) is 0 Å². The maximum Gasteiger partial charge on any atom is 0.414 e. The van der Waals surface area contributed by atoms with Crippen LogP contribution in [0.5, 0.6) is 0 Å². The maximum absolute atomic E-state index is 12.8. The number of halogens is 1. The summed E-state index contributed by atoms with van der Waals surface area (Å²) in [6.07, 6.45) is 2.79. The number of hydrogen-bond donors (Lipinski definition) is 4. The van der Waals surface area contributed by atoms with E-state index >= 15 is 0 Å². The van der Waals surface area contributed by atoms with E-state index in [4.69, 9.17) is 31.4 Å². The second-order valence-corrected chi connectivity index (χ2v) is 9.59. The molecule has 0 radical (unpaired) electrons. The molecule has 0 bridgehead atoms. The summed E-state index contributed by atoms with van der Waals surface area (Å²) in [5.74, 6) is -3.91. The van der Waals surface area contributed by atoms with Crippen molar-refractivity contribution in [3.8, 4) is 0 Å². The number of carboxylic acids is 2. The highest BCUT2D eigenvalue weighted by Gasteiger charge is 2.26. The number of benzene rings is 1. The summed E-state index contributed by atoms with van der Waals surface area (Å²) in [5, 5.41) is 20.8. The molecule has 0 aliphatic carbocycles. The van der Waals surface area contributed by atoms with Crippen LogP contribution in [0.15, 0.2) is 23.1 Å². The zero-order valence-electron chi connectivity index (χ0n) is 18.0. The van der Waals surface area contributed by atoms with Gasteiger partial charge in [0.2, 0.25) is 15.9 Å². The van der Waals surface area contributed by atoms with Gasteiger partial charge in [0.1, 0.15) is 0 Å². The lowest BCUT2D eigenvalue weighted by Gasteiger charge is -2.26. The lowest BCUT2D eigenvalue weighted by molar-refractivity contribution is -0.159. The summed E-state index contributed by atoms with van der Waals surface area (Å²) >= 11 is 6.13. The lowest BCUT2D eigenvalue weighted by atomic mass is 10.2. The molecule has 1 aliphatic heterocycles. The fraction of sp³-hybridized carbons (Fsp3) is 0.526. The lowest BCUT2D eigenvalue weighted by Crippen LogP contribution is -2.35. The van der Waals surface area contributed by atoms with Gasteiger partial charge in [-0.25, -0.2) is 18.0 Å². The number of nitrogens with zero attached hydrogens (tertiary/aromatic N) is 2. The van der Waals surface area contributed by atoms with Crippen molar-refractivity contribution in [2.75, 3.05) is 52.1 Å². The van der Waals surface area contributed by atoms with Crippen molar-refractivity contribution in [1.82, 2.24) is 14.5 Å². The minimum absolute atomic E-state index is 0.132. The molecule has 0 atom stereocenters. The van der Waals surface area contributed by atoms with Gasteiger partial charge in [-0.05, 0) is 45.1 Å². The molecule has 1 aromatic rings. The predicted octanol–water partition coefficient (Wildman–Crippen LogP) is 0.760. The molecular formula is C19H29ClN4O7S. The largest absolute Gasteiger partial charge is 0.473 e. The molecule has 0 unspecified atom stereocenters. The van der Waals surface area contributed by atoms with Crippen molar-refractivity contribution in [2.24, 2.45) is 0 Å². The minimum atomic E-state index is -3.57. The van der Waals surface area contributed by atoms with E-state index in [9.17, 15) is 13.2 Å². The first-order chi connectivity index (χ1) is 14.9. The van der Waals surface area contributed by atoms with Crippen LogP contribution >= 0.6 is 11.6 Å². The molecule has 1 heterocycles. The summed E-state index contributed by atoms with van der Waals surface area (Å²) in [7, 11) is 0.343. The highest BCUT2D eigenvalue weighted by atomic mass is 35.5. The highest BCUT2D eigenvalue weighted by molar-refractivity contribution is 7.89. The van der Waals surface area contributed by atoms with E-state index in [2.05, 4.69) is 10.6 Å². The van der Waals surface area contributed by atoms with E-state index in [0.29, 0.717) is 30.3 Å². The number of aliphatic carboxylic acids is 2. The van der Waals surface area contributed by atoms with Crippen molar-refractivity contribution in [3.63, 3.8) is 0 Å². The van der Waals surface area contributed by atoms with Crippen LogP contribution in [0.1, 0.15) is 19.3 Å². The Labute approximate surface area is 192 Å². The van der Waals surface area contributed by atoms with Crippen molar-refractivity contribution >= 4 is 45.2 Å². The molecule has 32 heavy (non-hydrogen) atoms. The Morgan fingerprint density at radius 1 is 1.09 bits per heavy atom. The highest BCUT2D eigenvalue weighted by Crippen LogP contribution is 2.28. The standard InChI is InChI=1S/C17H27ClN4O3S.C2H2O4/c1-21(2)11-8-19-13-17(23)20-16-12-14(6-7-15(16)18)26(24,25)22-9-4-3-5-10-22;3-1(4)2(5)6/h6-7,12,19H,3-5,8-11,13H2,1-2H3,(H,20,23);(H,3,4)(H,5,6). The summed E-state index contributed by atoms with van der Waals surface area (Å²) in [6.45, 7) is 2.69. The predicted molar refractivity (Wildman–Crippen MR) is 119 cm³/mol. The van der Waals surface area contributed by atoms with Gasteiger partial charge in [-0.1, -0.05) is 18.0 Å². The second-order valence-electron chi connectivity index (χ2n) is 7.24. The quantitative estimate of drug-likeness (QED) is 0.304. The Balaban J connectivity index is 0.000000751. The molecule has 0 aromatic heterocycles. The van der Waals surface area contributed by atoms with E-state index < -0.39 is 22.0 Å². The van der Waals surface area contributed by atoms with Gasteiger partial charge in [0.05, 0.1) is 22.2 Å². The SMILES string of the molecule is CN(C)CCNCC(=O)Nc1cc(S(=O)(=O)N2CCCCC2)ccc1Cl.O=C(O)C(=O)O. The van der Waals surface area contributed by atoms with Crippen molar-refractivity contribution < 1.29 is 33.0 Å². The first-order valence-corrected chi connectivity index (χ1v) is 11.7. The number of amides is 1. The molecule has 1 amide bonds. The van der Waals surface area contributed by atoms with E-state index in [1.807, 2.05) is 19.0 Å². The van der Waals surface area contributed by atoms with Crippen molar-refractivity contribution in [3.05, 3.63) is 23.2 Å². The molecule has 1 saturated heterocycles. The Morgan fingerprint density at radius 2 is 1.69 bits per heavy atom. The van der Waals surface area contributed by atoms with Gasteiger partial charge in [-0.3, -0.25) is 4.79 Å². The molecular weight excluding hydrogens is 464 g/mol. The van der Waals surface area contributed by atoms with Crippen molar-refractivity contribution in [2.45, 2.75) is 24.2 Å². The third-order valence-corrected chi connectivity index (χ3v) is 6.59. The number of piperidine rings is 1. The number of carbonyl (C=O) groups excluding carboxylic acids is 1. The molecule has 4 N–H and O–H groups in total. The van der Waals surface area contributed by atoms with Gasteiger partial charge in [-0.2, -0.15) is 4.31 Å². The topological polar surface area (TPSA) is 156 Å². The Kier molecular flexibility index (Phi) is 11.6. The van der Waals surface area contributed by atoms with E-state index in [-0.39, 0.29) is 17.3 Å². The minimum Gasteiger partial charge on any atom is -0.473 e. The molecule has 1 aliphatic rings. The van der Waals surface area contributed by atoms with Crippen LogP contribution in [0, 0.1) is 0 Å². The van der Waals surface area contributed by atoms with Crippen LogP contribution in [0.4, 0.5) is 5.69 Å². The number of rotatable bonds is 8. The van der Waals surface area contributed by atoms with Gasteiger partial charge in [0.15, 0.2) is 0 Å². The number of hydrogen-bond acceptors (Lipinski definition) is 7. The zero-order valence-corrected chi connectivity index (χ0v) is 19.6. The summed E-state index contributed by atoms with van der Waals surface area (Å²) < 4.78 is 27.0. The number of anilines is 1. The average Bonchev–Trinajstić information content (AvgIpc) is 2.73. The normalized spacial score (nSPS) is 14.4. The fourth-order valence-electron chi connectivity index (χ4n) is 2.71. The summed E-state index contributed by atoms with van der Waals surface area (Å²) in [4.78, 5) is 32.4. The van der Waals surface area contributed by atoms with Crippen LogP contribution in [-0.2, 0) is 24.4 Å². The molecule has 180 valence electrons. The third-order valence-electron chi connectivity index (χ3n) is 4.37. The third kappa shape index (κ3) is 9.49. The van der Waals surface area contributed by atoms with E-state index in [0.717, 1.165) is 25.8 Å². The van der Waals surface area contributed by atoms with Gasteiger partial charge in [-0.15, -0.1) is 0 Å². The molecule has 0 saturated carbocycles. The average molecular weight is 493 g/mol. The fourth-order valence-corrected chi connectivity index (χ4v) is 4.42. The first kappa shape index (κ1) is 27.8. The maximum atomic E-state index is 12.8. The molecule has 11 nitrogen and oxygen atoms in total. The zero-order chi connectivity index (χ0) is 24.3. The monoisotopic (exact) mass is 492 g/mol. The summed E-state index contributed by atoms with van der Waals surface area (Å²) in [6, 6.07) is 4.43. The van der Waals surface area contributed by atoms with Crippen LogP contribution in [0.2, 0.25) is 5.02 Å². The second kappa shape index (κ2) is 13.3. The van der Waals surface area contributed by atoms with Gasteiger partial charge in [0, 0.05) is 26.2 Å². The Hall–Kier alpha value is -2.25. The van der Waals surface area contributed by atoms with Gasteiger partial charge in [0.25, 0.3) is 0 Å². The van der Waals surface area contributed by atoms with Crippen LogP contribution in [0.25, 0.3) is 0 Å². The van der Waals surface area contributed by atoms with E-state index in [1.165, 1.54) is 22.5 Å². The van der Waals surface area contributed by atoms with E-state index in [1.54, 1.807) is 0 Å². The van der Waals surface area contributed by atoms with Crippen LogP contribution in [0.3, 0.4) is 0 Å².